The van der Waals surface area contributed by atoms with Crippen LogP contribution < -0.4 is 10.2 Å². The van der Waals surface area contributed by atoms with Crippen molar-refractivity contribution in [3.63, 3.8) is 0 Å². The first-order valence-corrected chi connectivity index (χ1v) is 7.15. The number of rotatable bonds is 8. The van der Waals surface area contributed by atoms with Crippen LogP contribution in [0.3, 0.4) is 0 Å². The summed E-state index contributed by atoms with van der Waals surface area (Å²) in [6.45, 7) is 10.5. The van der Waals surface area contributed by atoms with Crippen molar-refractivity contribution in [2.45, 2.75) is 33.4 Å². The largest absolute Gasteiger partial charge is 0.367 e. The van der Waals surface area contributed by atoms with E-state index in [-0.39, 0.29) is 0 Å². The maximum Gasteiger partial charge on any atom is 0.0445 e. The van der Waals surface area contributed by atoms with Crippen LogP contribution in [0.1, 0.15) is 26.3 Å². The third-order valence-corrected chi connectivity index (χ3v) is 3.25. The van der Waals surface area contributed by atoms with E-state index in [1.807, 2.05) is 12.4 Å². The highest BCUT2D eigenvalue weighted by molar-refractivity contribution is 5.53. The Morgan fingerprint density at radius 2 is 2.05 bits per heavy atom. The van der Waals surface area contributed by atoms with Crippen molar-refractivity contribution in [1.29, 1.82) is 0 Å². The summed E-state index contributed by atoms with van der Waals surface area (Å²) in [5, 5.41) is 3.39. The lowest BCUT2D eigenvalue weighted by Gasteiger charge is -2.33. The smallest absolute Gasteiger partial charge is 0.0445 e. The molecule has 0 fully saturated rings. The van der Waals surface area contributed by atoms with E-state index in [0.717, 1.165) is 26.2 Å². The molecule has 0 aliphatic carbocycles. The molecule has 0 saturated heterocycles. The van der Waals surface area contributed by atoms with Gasteiger partial charge in [0.25, 0.3) is 0 Å². The molecular formula is C15H28N4. The van der Waals surface area contributed by atoms with Gasteiger partial charge in [-0.2, -0.15) is 0 Å². The number of nitrogens with zero attached hydrogens (tertiary/aromatic N) is 3. The topological polar surface area (TPSA) is 31.4 Å². The summed E-state index contributed by atoms with van der Waals surface area (Å²) in [5.41, 5.74) is 2.57. The number of aromatic nitrogens is 1. The van der Waals surface area contributed by atoms with Crippen LogP contribution in [0.2, 0.25) is 0 Å². The molecule has 4 nitrogen and oxygen atoms in total. The van der Waals surface area contributed by atoms with Crippen LogP contribution >= 0.6 is 0 Å². The molecule has 0 saturated carbocycles. The minimum Gasteiger partial charge on any atom is -0.367 e. The van der Waals surface area contributed by atoms with Crippen molar-refractivity contribution in [2.24, 2.45) is 0 Å². The molecule has 0 spiro atoms. The SMILES string of the molecule is CCNCc1cnccc1N(CC)C(C)CN(C)C. The fraction of sp³-hybridized carbons (Fsp3) is 0.667. The van der Waals surface area contributed by atoms with E-state index < -0.39 is 0 Å². The molecule has 108 valence electrons. The van der Waals surface area contributed by atoms with Gasteiger partial charge in [0.15, 0.2) is 0 Å². The van der Waals surface area contributed by atoms with E-state index >= 15 is 0 Å². The zero-order valence-electron chi connectivity index (χ0n) is 13.0. The van der Waals surface area contributed by atoms with Crippen LogP contribution in [-0.2, 0) is 6.54 Å². The second-order valence-corrected chi connectivity index (χ2v) is 5.18. The van der Waals surface area contributed by atoms with Gasteiger partial charge in [0.1, 0.15) is 0 Å². The molecule has 1 N–H and O–H groups in total. The molecule has 1 aromatic rings. The third-order valence-electron chi connectivity index (χ3n) is 3.25. The molecule has 0 aliphatic rings. The highest BCUT2D eigenvalue weighted by Gasteiger charge is 2.16. The molecule has 0 bridgehead atoms. The lowest BCUT2D eigenvalue weighted by atomic mass is 10.1. The monoisotopic (exact) mass is 264 g/mol. The molecule has 1 heterocycles. The molecule has 1 unspecified atom stereocenters. The van der Waals surface area contributed by atoms with Crippen molar-refractivity contribution in [3.05, 3.63) is 24.0 Å². The lowest BCUT2D eigenvalue weighted by molar-refractivity contribution is 0.372. The molecule has 0 aromatic carbocycles. The molecule has 1 rings (SSSR count). The lowest BCUT2D eigenvalue weighted by Crippen LogP contribution is -2.40. The van der Waals surface area contributed by atoms with Gasteiger partial charge in [-0.15, -0.1) is 0 Å². The molecular weight excluding hydrogens is 236 g/mol. The first kappa shape index (κ1) is 15.9. The van der Waals surface area contributed by atoms with Crippen LogP contribution in [0, 0.1) is 0 Å². The normalized spacial score (nSPS) is 12.7. The van der Waals surface area contributed by atoms with Crippen molar-refractivity contribution < 1.29 is 0 Å². The summed E-state index contributed by atoms with van der Waals surface area (Å²) in [4.78, 5) is 8.95. The predicted octanol–water partition coefficient (Wildman–Crippen LogP) is 1.97. The summed E-state index contributed by atoms with van der Waals surface area (Å²) in [7, 11) is 4.24. The molecule has 1 aromatic heterocycles. The number of anilines is 1. The Kier molecular flexibility index (Phi) is 6.81. The Labute approximate surface area is 117 Å². The van der Waals surface area contributed by atoms with Crippen LogP contribution in [0.5, 0.6) is 0 Å². The van der Waals surface area contributed by atoms with Gasteiger partial charge in [-0.1, -0.05) is 6.92 Å². The van der Waals surface area contributed by atoms with Gasteiger partial charge in [0.05, 0.1) is 0 Å². The highest BCUT2D eigenvalue weighted by Crippen LogP contribution is 2.21. The molecule has 0 aliphatic heterocycles. The summed E-state index contributed by atoms with van der Waals surface area (Å²) >= 11 is 0. The van der Waals surface area contributed by atoms with E-state index in [9.17, 15) is 0 Å². The van der Waals surface area contributed by atoms with Gasteiger partial charge in [-0.3, -0.25) is 4.98 Å². The first-order valence-electron chi connectivity index (χ1n) is 7.15. The Balaban J connectivity index is 2.90. The van der Waals surface area contributed by atoms with E-state index in [0.29, 0.717) is 6.04 Å². The number of pyridine rings is 1. The number of nitrogens with one attached hydrogen (secondary N) is 1. The maximum atomic E-state index is 4.26. The van der Waals surface area contributed by atoms with Crippen LogP contribution in [0.25, 0.3) is 0 Å². The summed E-state index contributed by atoms with van der Waals surface area (Å²) < 4.78 is 0. The van der Waals surface area contributed by atoms with Gasteiger partial charge in [-0.05, 0) is 40.6 Å². The average Bonchev–Trinajstić information content (AvgIpc) is 2.37. The minimum absolute atomic E-state index is 0.489. The number of likely N-dealkylation sites (N-methyl/N-ethyl adjacent to an activating group) is 2. The van der Waals surface area contributed by atoms with E-state index in [2.05, 4.69) is 61.0 Å². The standard InChI is InChI=1S/C15H28N4/c1-6-16-10-14-11-17-9-8-15(14)19(7-2)13(3)12-18(4)5/h8-9,11,13,16H,6-7,10,12H2,1-5H3. The Bertz CT molecular complexity index is 365. The Morgan fingerprint density at radius 3 is 2.63 bits per heavy atom. The second-order valence-electron chi connectivity index (χ2n) is 5.18. The average molecular weight is 264 g/mol. The van der Waals surface area contributed by atoms with Crippen molar-refractivity contribution in [3.8, 4) is 0 Å². The molecule has 1 atom stereocenters. The van der Waals surface area contributed by atoms with Crippen LogP contribution in [0.4, 0.5) is 5.69 Å². The second kappa shape index (κ2) is 8.12. The summed E-state index contributed by atoms with van der Waals surface area (Å²) in [6, 6.07) is 2.62. The maximum absolute atomic E-state index is 4.26. The molecule has 19 heavy (non-hydrogen) atoms. The van der Waals surface area contributed by atoms with Gasteiger partial charge in [-0.25, -0.2) is 0 Å². The minimum atomic E-state index is 0.489. The van der Waals surface area contributed by atoms with Crippen molar-refractivity contribution in [2.75, 3.05) is 38.6 Å². The zero-order chi connectivity index (χ0) is 14.3. The van der Waals surface area contributed by atoms with Crippen LogP contribution in [0.15, 0.2) is 18.5 Å². The van der Waals surface area contributed by atoms with E-state index in [1.165, 1.54) is 11.3 Å². The molecule has 0 amide bonds. The van der Waals surface area contributed by atoms with Crippen molar-refractivity contribution in [1.82, 2.24) is 15.2 Å². The first-order chi connectivity index (χ1) is 9.10. The summed E-state index contributed by atoms with van der Waals surface area (Å²) in [6.07, 6.45) is 3.86. The van der Waals surface area contributed by atoms with Gasteiger partial charge in [0, 0.05) is 49.3 Å². The Hall–Kier alpha value is -1.13. The fourth-order valence-electron chi connectivity index (χ4n) is 2.44. The third kappa shape index (κ3) is 4.80. The van der Waals surface area contributed by atoms with E-state index in [1.54, 1.807) is 0 Å². The zero-order valence-corrected chi connectivity index (χ0v) is 13.0. The molecule has 4 heteroatoms. The van der Waals surface area contributed by atoms with E-state index in [4.69, 9.17) is 0 Å². The highest BCUT2D eigenvalue weighted by atomic mass is 15.2. The van der Waals surface area contributed by atoms with Gasteiger partial charge >= 0.3 is 0 Å². The predicted molar refractivity (Wildman–Crippen MR) is 82.7 cm³/mol. The fourth-order valence-corrected chi connectivity index (χ4v) is 2.44. The molecule has 0 radical (unpaired) electrons. The van der Waals surface area contributed by atoms with Crippen molar-refractivity contribution >= 4 is 5.69 Å². The van der Waals surface area contributed by atoms with Gasteiger partial charge in [0.2, 0.25) is 0 Å². The van der Waals surface area contributed by atoms with Crippen LogP contribution in [-0.4, -0.2) is 49.7 Å². The number of hydrogen-bond donors (Lipinski definition) is 1. The summed E-state index contributed by atoms with van der Waals surface area (Å²) in [5.74, 6) is 0. The quantitative estimate of drug-likeness (QED) is 0.778. The number of hydrogen-bond acceptors (Lipinski definition) is 4. The Morgan fingerprint density at radius 1 is 1.32 bits per heavy atom. The van der Waals surface area contributed by atoms with Gasteiger partial charge < -0.3 is 15.1 Å².